The third-order valence-electron chi connectivity index (χ3n) is 5.28. The molecule has 2 aromatic carbocycles. The molecule has 27 heavy (non-hydrogen) atoms. The highest BCUT2D eigenvalue weighted by atomic mass is 16.2. The largest absolute Gasteiger partial charge is 0.365 e. The lowest BCUT2D eigenvalue weighted by molar-refractivity contribution is 0.194. The van der Waals surface area contributed by atoms with Gasteiger partial charge in [-0.1, -0.05) is 42.5 Å². The molecule has 1 saturated heterocycles. The Bertz CT molecular complexity index is 931. The molecule has 0 saturated carbocycles. The molecule has 1 aliphatic rings. The molecule has 1 fully saturated rings. The lowest BCUT2D eigenvalue weighted by atomic mass is 10.0. The first-order valence-corrected chi connectivity index (χ1v) is 9.39. The normalized spacial score (nSPS) is 14.6. The van der Waals surface area contributed by atoms with Gasteiger partial charge >= 0.3 is 6.03 Å². The van der Waals surface area contributed by atoms with Crippen molar-refractivity contribution in [2.45, 2.75) is 20.4 Å². The van der Waals surface area contributed by atoms with E-state index in [1.165, 1.54) is 16.5 Å². The Morgan fingerprint density at radius 2 is 1.81 bits per heavy atom. The molecule has 4 rings (SSSR count). The Morgan fingerprint density at radius 3 is 2.56 bits per heavy atom. The average Bonchev–Trinajstić information content (AvgIpc) is 3.04. The quantitative estimate of drug-likeness (QED) is 0.751. The maximum absolute atomic E-state index is 12.6. The van der Waals surface area contributed by atoms with Gasteiger partial charge in [0, 0.05) is 32.7 Å². The highest BCUT2D eigenvalue weighted by Gasteiger charge is 2.24. The van der Waals surface area contributed by atoms with Gasteiger partial charge in [0.2, 0.25) is 0 Å². The van der Waals surface area contributed by atoms with Crippen LogP contribution in [0.4, 0.5) is 10.5 Å². The number of urea groups is 1. The zero-order valence-electron chi connectivity index (χ0n) is 15.8. The van der Waals surface area contributed by atoms with Crippen LogP contribution in [0.3, 0.4) is 0 Å². The summed E-state index contributed by atoms with van der Waals surface area (Å²) in [6, 6.07) is 14.5. The number of rotatable bonds is 3. The second-order valence-electron chi connectivity index (χ2n) is 7.05. The number of hydrogen-bond donors (Lipinski definition) is 2. The van der Waals surface area contributed by atoms with Gasteiger partial charge in [0.15, 0.2) is 0 Å². The summed E-state index contributed by atoms with van der Waals surface area (Å²) in [6.45, 7) is 7.67. The van der Waals surface area contributed by atoms with Crippen molar-refractivity contribution in [3.8, 4) is 0 Å². The molecule has 140 valence electrons. The van der Waals surface area contributed by atoms with Gasteiger partial charge in [0.1, 0.15) is 0 Å². The van der Waals surface area contributed by atoms with E-state index in [0.29, 0.717) is 19.6 Å². The van der Waals surface area contributed by atoms with Gasteiger partial charge in [0.25, 0.3) is 0 Å². The van der Waals surface area contributed by atoms with Gasteiger partial charge < -0.3 is 15.1 Å². The number of carbonyl (C=O) groups is 1. The van der Waals surface area contributed by atoms with Crippen LogP contribution in [0.1, 0.15) is 17.0 Å². The molecule has 0 atom stereocenters. The van der Waals surface area contributed by atoms with E-state index in [1.807, 2.05) is 36.9 Å². The van der Waals surface area contributed by atoms with Crippen LogP contribution in [-0.4, -0.2) is 47.3 Å². The fourth-order valence-electron chi connectivity index (χ4n) is 3.87. The van der Waals surface area contributed by atoms with E-state index in [4.69, 9.17) is 0 Å². The summed E-state index contributed by atoms with van der Waals surface area (Å²) in [5.41, 5.74) is 4.42. The molecule has 2 heterocycles. The highest BCUT2D eigenvalue weighted by Crippen LogP contribution is 2.23. The number of nitrogens with zero attached hydrogens (tertiary/aromatic N) is 3. The van der Waals surface area contributed by atoms with Crippen molar-refractivity contribution < 1.29 is 4.79 Å². The van der Waals surface area contributed by atoms with Gasteiger partial charge in [-0.05, 0) is 30.2 Å². The molecule has 2 amide bonds. The van der Waals surface area contributed by atoms with Crippen LogP contribution in [-0.2, 0) is 6.54 Å². The standard InChI is InChI=1S/C21H25N5O/c1-15-20(16(2)24-23-15)25-10-12-26(13-11-25)21(27)22-14-18-8-5-7-17-6-3-4-9-19(17)18/h3-9H,10-14H2,1-2H3,(H,22,27)(H,23,24). The van der Waals surface area contributed by atoms with Crippen LogP contribution in [0.15, 0.2) is 42.5 Å². The van der Waals surface area contributed by atoms with Gasteiger partial charge in [-0.15, -0.1) is 0 Å². The van der Waals surface area contributed by atoms with E-state index in [0.717, 1.165) is 30.0 Å². The zero-order chi connectivity index (χ0) is 18.8. The molecule has 6 heteroatoms. The van der Waals surface area contributed by atoms with Gasteiger partial charge in [-0.2, -0.15) is 5.10 Å². The van der Waals surface area contributed by atoms with Crippen molar-refractivity contribution in [3.05, 3.63) is 59.4 Å². The predicted octanol–water partition coefficient (Wildman–Crippen LogP) is 3.21. The molecule has 0 aliphatic carbocycles. The number of fused-ring (bicyclic) bond motifs is 1. The van der Waals surface area contributed by atoms with Crippen LogP contribution >= 0.6 is 0 Å². The van der Waals surface area contributed by atoms with Gasteiger partial charge in [-0.25, -0.2) is 4.79 Å². The van der Waals surface area contributed by atoms with Gasteiger partial charge in [-0.3, -0.25) is 5.10 Å². The maximum atomic E-state index is 12.6. The summed E-state index contributed by atoms with van der Waals surface area (Å²) >= 11 is 0. The minimum atomic E-state index is 0.00298. The number of aromatic nitrogens is 2. The van der Waals surface area contributed by atoms with Gasteiger partial charge in [0.05, 0.1) is 17.1 Å². The Morgan fingerprint density at radius 1 is 1.07 bits per heavy atom. The summed E-state index contributed by atoms with van der Waals surface area (Å²) in [4.78, 5) is 16.8. The monoisotopic (exact) mass is 363 g/mol. The second-order valence-corrected chi connectivity index (χ2v) is 7.05. The third-order valence-corrected chi connectivity index (χ3v) is 5.28. The number of H-pyrrole nitrogens is 1. The maximum Gasteiger partial charge on any atom is 0.317 e. The molecule has 0 radical (unpaired) electrons. The number of nitrogens with one attached hydrogen (secondary N) is 2. The third kappa shape index (κ3) is 3.47. The first-order chi connectivity index (χ1) is 13.1. The summed E-state index contributed by atoms with van der Waals surface area (Å²) < 4.78 is 0. The van der Waals surface area contributed by atoms with Crippen LogP contribution in [0.5, 0.6) is 0 Å². The average molecular weight is 363 g/mol. The Balaban J connectivity index is 1.36. The Labute approximate surface area is 159 Å². The number of carbonyl (C=O) groups excluding carboxylic acids is 1. The van der Waals surface area contributed by atoms with Crippen molar-refractivity contribution in [1.29, 1.82) is 0 Å². The SMILES string of the molecule is Cc1n[nH]c(C)c1N1CCN(C(=O)NCc2cccc3ccccc23)CC1. The Kier molecular flexibility index (Phi) is 4.71. The smallest absolute Gasteiger partial charge is 0.317 e. The number of anilines is 1. The first kappa shape index (κ1) is 17.4. The van der Waals surface area contributed by atoms with E-state index in [1.54, 1.807) is 0 Å². The lowest BCUT2D eigenvalue weighted by Crippen LogP contribution is -2.51. The fraction of sp³-hybridized carbons (Fsp3) is 0.333. The summed E-state index contributed by atoms with van der Waals surface area (Å²) in [7, 11) is 0. The number of hydrogen-bond acceptors (Lipinski definition) is 3. The first-order valence-electron chi connectivity index (χ1n) is 9.39. The number of benzene rings is 2. The van der Waals surface area contributed by atoms with Crippen molar-refractivity contribution in [1.82, 2.24) is 20.4 Å². The molecule has 0 unspecified atom stereocenters. The molecular formula is C21H25N5O. The van der Waals surface area contributed by atoms with Crippen LogP contribution < -0.4 is 10.2 Å². The molecule has 1 aromatic heterocycles. The van der Waals surface area contributed by atoms with Crippen molar-refractivity contribution in [3.63, 3.8) is 0 Å². The summed E-state index contributed by atoms with van der Waals surface area (Å²) in [5.74, 6) is 0. The number of piperazine rings is 1. The molecule has 6 nitrogen and oxygen atoms in total. The van der Waals surface area contributed by atoms with Crippen molar-refractivity contribution in [2.75, 3.05) is 31.1 Å². The molecule has 0 bridgehead atoms. The predicted molar refractivity (Wildman–Crippen MR) is 108 cm³/mol. The number of aryl methyl sites for hydroxylation is 2. The van der Waals surface area contributed by atoms with E-state index in [2.05, 4.69) is 44.7 Å². The molecule has 3 aromatic rings. The van der Waals surface area contributed by atoms with Crippen LogP contribution in [0.25, 0.3) is 10.8 Å². The molecular weight excluding hydrogens is 338 g/mol. The van der Waals surface area contributed by atoms with E-state index in [9.17, 15) is 4.79 Å². The van der Waals surface area contributed by atoms with Crippen LogP contribution in [0, 0.1) is 13.8 Å². The minimum absolute atomic E-state index is 0.00298. The topological polar surface area (TPSA) is 64.3 Å². The minimum Gasteiger partial charge on any atom is -0.365 e. The summed E-state index contributed by atoms with van der Waals surface area (Å²) in [5, 5.41) is 12.8. The number of aromatic amines is 1. The lowest BCUT2D eigenvalue weighted by Gasteiger charge is -2.36. The number of amides is 2. The second kappa shape index (κ2) is 7.31. The summed E-state index contributed by atoms with van der Waals surface area (Å²) in [6.07, 6.45) is 0. The fourth-order valence-corrected chi connectivity index (χ4v) is 3.87. The van der Waals surface area contributed by atoms with E-state index < -0.39 is 0 Å². The van der Waals surface area contributed by atoms with E-state index in [-0.39, 0.29) is 6.03 Å². The molecule has 2 N–H and O–H groups in total. The van der Waals surface area contributed by atoms with Crippen molar-refractivity contribution in [2.24, 2.45) is 0 Å². The zero-order valence-corrected chi connectivity index (χ0v) is 15.8. The highest BCUT2D eigenvalue weighted by molar-refractivity contribution is 5.86. The van der Waals surface area contributed by atoms with Crippen molar-refractivity contribution >= 4 is 22.5 Å². The molecule has 1 aliphatic heterocycles. The van der Waals surface area contributed by atoms with Crippen LogP contribution in [0.2, 0.25) is 0 Å². The van der Waals surface area contributed by atoms with E-state index >= 15 is 0 Å². The molecule has 0 spiro atoms. The Hall–Kier alpha value is -3.02.